The van der Waals surface area contributed by atoms with Crippen molar-refractivity contribution in [3.05, 3.63) is 112 Å². The van der Waals surface area contributed by atoms with Gasteiger partial charge in [-0.25, -0.2) is 0 Å². The third-order valence-corrected chi connectivity index (χ3v) is 14.5. The second-order valence-electron chi connectivity index (χ2n) is 16.0. The van der Waals surface area contributed by atoms with Crippen molar-refractivity contribution >= 4 is 40.2 Å². The van der Waals surface area contributed by atoms with Crippen LogP contribution in [0.5, 0.6) is 0 Å². The second-order valence-corrected chi connectivity index (χ2v) is 20.9. The quantitative estimate of drug-likeness (QED) is 0.0213. The van der Waals surface area contributed by atoms with Crippen molar-refractivity contribution < 1.29 is 36.8 Å². The molecule has 1 N–H and O–H groups in total. The van der Waals surface area contributed by atoms with Crippen LogP contribution in [-0.2, 0) is 33.5 Å². The highest BCUT2D eigenvalue weighted by Gasteiger charge is 2.36. The van der Waals surface area contributed by atoms with Crippen LogP contribution in [0.15, 0.2) is 91.0 Å². The van der Waals surface area contributed by atoms with Gasteiger partial charge in [0.25, 0.3) is 11.0 Å². The van der Waals surface area contributed by atoms with E-state index in [-0.39, 0.29) is 53.3 Å². The number of nitrogens with zero attached hydrogens (tertiary/aromatic N) is 2. The van der Waals surface area contributed by atoms with Crippen LogP contribution in [-0.4, -0.2) is 69.8 Å². The predicted octanol–water partition coefficient (Wildman–Crippen LogP) is 11.8. The first kappa shape index (κ1) is 49.3. The van der Waals surface area contributed by atoms with Crippen molar-refractivity contribution in [1.29, 1.82) is 0 Å². The molecule has 0 aliphatic heterocycles. The number of carbonyl (C=O) groups is 2. The lowest BCUT2D eigenvalue weighted by molar-refractivity contribution is -0.757. The van der Waals surface area contributed by atoms with Gasteiger partial charge in [-0.3, -0.25) is 18.0 Å². The number of anilines is 1. The second kappa shape index (κ2) is 24.3. The standard InChI is InChI=1S/C47H65N3O9S2/c1-33(2)45-44(47(52)48-39-25-17-12-18-26-39)43(37-21-13-10-14-22-37)46(38-23-15-11-16-24-38)49(45)28-27-40(58-60-34(3)4)31-41(59-61(55-9,35(5)6)36(7)8)32-42(51)56-29-19-20-30-57-50(53)54/h10-18,21-26,33-36,40-41H,19-20,27-32H2,1-9H3,(H,48,52). The summed E-state index contributed by atoms with van der Waals surface area (Å²) in [6.07, 6.45) is 0.665. The number of aromatic nitrogens is 1. The van der Waals surface area contributed by atoms with E-state index in [0.717, 1.165) is 28.1 Å². The zero-order valence-corrected chi connectivity index (χ0v) is 38.8. The first-order chi connectivity index (χ1) is 29.2. The highest BCUT2D eigenvalue weighted by molar-refractivity contribution is 8.26. The van der Waals surface area contributed by atoms with E-state index >= 15 is 0 Å². The van der Waals surface area contributed by atoms with Crippen LogP contribution < -0.4 is 5.32 Å². The van der Waals surface area contributed by atoms with Crippen molar-refractivity contribution in [2.45, 2.75) is 128 Å². The molecule has 1 heterocycles. The molecule has 4 aromatic rings. The van der Waals surface area contributed by atoms with E-state index in [4.69, 9.17) is 17.3 Å². The fourth-order valence-electron chi connectivity index (χ4n) is 7.49. The van der Waals surface area contributed by atoms with Gasteiger partial charge in [0.1, 0.15) is 0 Å². The number of nitrogens with one attached hydrogen (secondary N) is 1. The molecule has 12 nitrogen and oxygen atoms in total. The molecule has 2 atom stereocenters. The minimum absolute atomic E-state index is 0.0285. The van der Waals surface area contributed by atoms with E-state index in [9.17, 15) is 19.7 Å². The van der Waals surface area contributed by atoms with Crippen LogP contribution >= 0.6 is 22.6 Å². The monoisotopic (exact) mass is 879 g/mol. The van der Waals surface area contributed by atoms with Gasteiger partial charge < -0.3 is 23.6 Å². The van der Waals surface area contributed by atoms with Crippen molar-refractivity contribution in [2.75, 3.05) is 25.6 Å². The summed E-state index contributed by atoms with van der Waals surface area (Å²) in [5, 5.41) is 13.1. The van der Waals surface area contributed by atoms with Gasteiger partial charge in [-0.2, -0.15) is 10.6 Å². The van der Waals surface area contributed by atoms with E-state index in [0.29, 0.717) is 43.5 Å². The number of esters is 1. The van der Waals surface area contributed by atoms with E-state index < -0.39 is 27.7 Å². The molecule has 0 bridgehead atoms. The molecular formula is C47H65N3O9S2. The molecule has 1 amide bonds. The number of para-hydroxylation sites is 1. The average Bonchev–Trinajstić information content (AvgIpc) is 3.58. The first-order valence-electron chi connectivity index (χ1n) is 21.2. The van der Waals surface area contributed by atoms with Crippen molar-refractivity contribution in [1.82, 2.24) is 4.57 Å². The van der Waals surface area contributed by atoms with Crippen molar-refractivity contribution in [3.63, 3.8) is 0 Å². The van der Waals surface area contributed by atoms with Gasteiger partial charge in [0.15, 0.2) is 0 Å². The van der Waals surface area contributed by atoms with Gasteiger partial charge in [0.2, 0.25) is 0 Å². The summed E-state index contributed by atoms with van der Waals surface area (Å²) in [5.74, 6) is -0.667. The Morgan fingerprint density at radius 1 is 0.803 bits per heavy atom. The first-order valence-corrected chi connectivity index (χ1v) is 23.6. The van der Waals surface area contributed by atoms with Crippen molar-refractivity contribution in [2.24, 2.45) is 0 Å². The average molecular weight is 880 g/mol. The minimum Gasteiger partial charge on any atom is -0.466 e. The molecular weight excluding hydrogens is 815 g/mol. The van der Waals surface area contributed by atoms with E-state index in [1.807, 2.05) is 66.7 Å². The molecule has 14 heteroatoms. The Hall–Kier alpha value is -4.34. The molecule has 0 radical (unpaired) electrons. The zero-order valence-electron chi connectivity index (χ0n) is 37.2. The van der Waals surface area contributed by atoms with Crippen LogP contribution in [0, 0.1) is 10.1 Å². The maximum atomic E-state index is 14.7. The van der Waals surface area contributed by atoms with E-state index in [2.05, 4.69) is 94.4 Å². The molecule has 0 saturated carbocycles. The van der Waals surface area contributed by atoms with Crippen LogP contribution in [0.2, 0.25) is 0 Å². The van der Waals surface area contributed by atoms with Gasteiger partial charge in [-0.05, 0) is 88.2 Å². The maximum absolute atomic E-state index is 14.7. The Bertz CT molecular complexity index is 1950. The highest BCUT2D eigenvalue weighted by atomic mass is 32.3. The summed E-state index contributed by atoms with van der Waals surface area (Å²) in [4.78, 5) is 43.1. The Kier molecular flexibility index (Phi) is 19.7. The molecule has 2 unspecified atom stereocenters. The summed E-state index contributed by atoms with van der Waals surface area (Å²) in [6.45, 7) is 17.2. The molecule has 0 spiro atoms. The topological polar surface area (TPSA) is 140 Å². The third kappa shape index (κ3) is 14.1. The summed E-state index contributed by atoms with van der Waals surface area (Å²) in [6, 6.07) is 29.8. The number of carbonyl (C=O) groups excluding carboxylic acids is 2. The van der Waals surface area contributed by atoms with Crippen LogP contribution in [0.3, 0.4) is 0 Å². The molecule has 1 aromatic heterocycles. The largest absolute Gasteiger partial charge is 0.466 e. The van der Waals surface area contributed by atoms with Crippen LogP contribution in [0.1, 0.15) is 109 Å². The molecule has 0 fully saturated rings. The van der Waals surface area contributed by atoms with Gasteiger partial charge in [-0.15, -0.1) is 10.1 Å². The molecule has 61 heavy (non-hydrogen) atoms. The van der Waals surface area contributed by atoms with E-state index in [1.165, 1.54) is 12.0 Å². The Balaban J connectivity index is 1.79. The fourth-order valence-corrected chi connectivity index (χ4v) is 11.0. The number of benzene rings is 3. The minimum atomic E-state index is -2.13. The summed E-state index contributed by atoms with van der Waals surface area (Å²) >= 11 is 1.39. The van der Waals surface area contributed by atoms with Gasteiger partial charge in [0.05, 0.1) is 50.2 Å². The Morgan fingerprint density at radius 3 is 1.92 bits per heavy atom. The van der Waals surface area contributed by atoms with Crippen LogP contribution in [0.4, 0.5) is 5.69 Å². The van der Waals surface area contributed by atoms with Crippen molar-refractivity contribution in [3.8, 4) is 22.4 Å². The maximum Gasteiger partial charge on any atom is 0.308 e. The van der Waals surface area contributed by atoms with Gasteiger partial charge in [0, 0.05) is 45.7 Å². The Labute approximate surface area is 368 Å². The lowest BCUT2D eigenvalue weighted by Gasteiger charge is -2.51. The zero-order chi connectivity index (χ0) is 44.5. The number of ether oxygens (including phenoxy) is 1. The number of rotatable bonds is 26. The molecule has 3 aromatic carbocycles. The lowest BCUT2D eigenvalue weighted by atomic mass is 9.94. The predicted molar refractivity (Wildman–Crippen MR) is 248 cm³/mol. The number of amides is 1. The SMILES string of the molecule is COS(OC(CC(=O)OCCCCO[N+](=O)[O-])CC(CCn1c(-c2ccccc2)c(-c2ccccc2)c(C(=O)Nc2ccccc2)c1C(C)C)OSC(C)C)(C(C)C)C(C)C. The Morgan fingerprint density at radius 2 is 1.38 bits per heavy atom. The third-order valence-electron chi connectivity index (χ3n) is 10.1. The highest BCUT2D eigenvalue weighted by Crippen LogP contribution is 2.59. The normalized spacial score (nSPS) is 13.1. The van der Waals surface area contributed by atoms with Gasteiger partial charge in [-0.1, -0.05) is 107 Å². The molecule has 0 saturated heterocycles. The summed E-state index contributed by atoms with van der Waals surface area (Å²) < 4.78 is 27.7. The molecule has 0 aliphatic carbocycles. The lowest BCUT2D eigenvalue weighted by Crippen LogP contribution is -2.33. The summed E-state index contributed by atoms with van der Waals surface area (Å²) in [5.41, 5.74) is 5.94. The summed E-state index contributed by atoms with van der Waals surface area (Å²) in [7, 11) is -0.459. The number of hydrogen-bond acceptors (Lipinski definition) is 10. The number of unbranched alkanes of at least 4 members (excludes halogenated alkanes) is 1. The molecule has 0 aliphatic rings. The smallest absolute Gasteiger partial charge is 0.308 e. The fraction of sp³-hybridized carbons (Fsp3) is 0.489. The molecule has 4 rings (SSSR count). The number of hydrogen-bond donors (Lipinski definition) is 1. The molecule has 334 valence electrons. The van der Waals surface area contributed by atoms with E-state index in [1.54, 1.807) is 7.11 Å². The van der Waals surface area contributed by atoms with Gasteiger partial charge >= 0.3 is 5.97 Å². The van der Waals surface area contributed by atoms with Crippen LogP contribution in [0.25, 0.3) is 22.4 Å².